The summed E-state index contributed by atoms with van der Waals surface area (Å²) in [6.07, 6.45) is 6.67. The fourth-order valence-corrected chi connectivity index (χ4v) is 4.02. The van der Waals surface area contributed by atoms with E-state index >= 15 is 0 Å². The van der Waals surface area contributed by atoms with Gasteiger partial charge in [-0.25, -0.2) is 4.79 Å². The third kappa shape index (κ3) is 6.11. The molecular weight excluding hydrogens is 368 g/mol. The molecule has 1 unspecified atom stereocenters. The number of urea groups is 1. The Labute approximate surface area is 172 Å². The largest absolute Gasteiger partial charge is 0.481 e. The summed E-state index contributed by atoms with van der Waals surface area (Å²) in [4.78, 5) is 26.7. The van der Waals surface area contributed by atoms with E-state index in [2.05, 4.69) is 16.7 Å². The van der Waals surface area contributed by atoms with Gasteiger partial charge in [-0.3, -0.25) is 4.79 Å². The van der Waals surface area contributed by atoms with Gasteiger partial charge in [0.2, 0.25) is 0 Å². The molecule has 1 aliphatic carbocycles. The molecule has 1 saturated carbocycles. The fraction of sp³-hybridized carbons (Fsp3) is 0.591. The van der Waals surface area contributed by atoms with Crippen molar-refractivity contribution in [2.24, 2.45) is 0 Å². The summed E-state index contributed by atoms with van der Waals surface area (Å²) in [5.74, 6) is 0.514. The lowest BCUT2D eigenvalue weighted by atomic mass is 9.96. The van der Waals surface area contributed by atoms with Crippen molar-refractivity contribution in [3.63, 3.8) is 0 Å². The van der Waals surface area contributed by atoms with Crippen LogP contribution in [0.2, 0.25) is 0 Å². The van der Waals surface area contributed by atoms with Gasteiger partial charge in [0, 0.05) is 25.2 Å². The van der Waals surface area contributed by atoms with Crippen molar-refractivity contribution in [1.29, 1.82) is 5.26 Å². The molecule has 1 aliphatic heterocycles. The highest BCUT2D eigenvalue weighted by Gasteiger charge is 2.28. The summed E-state index contributed by atoms with van der Waals surface area (Å²) in [5, 5.41) is 15.0. The standard InChI is InChI=1S/C22H30N4O3/c1-16(29-20-9-7-17(15-23)8-10-20)21(27)26-13-11-19(12-14-26)25-22(28)24-18-5-3-2-4-6-18/h7-10,16,18-19H,2-6,11-14H2,1H3,(H2,24,25,28). The molecule has 2 fully saturated rings. The highest BCUT2D eigenvalue weighted by Crippen LogP contribution is 2.18. The maximum absolute atomic E-state index is 12.7. The summed E-state index contributed by atoms with van der Waals surface area (Å²) in [6.45, 7) is 2.95. The molecule has 1 aromatic rings. The molecule has 7 heteroatoms. The van der Waals surface area contributed by atoms with Crippen molar-refractivity contribution in [3.05, 3.63) is 29.8 Å². The fourth-order valence-electron chi connectivity index (χ4n) is 4.02. The third-order valence-electron chi connectivity index (χ3n) is 5.73. The number of nitrogens with zero attached hydrogens (tertiary/aromatic N) is 2. The number of rotatable bonds is 5. The minimum atomic E-state index is -0.595. The molecule has 2 aliphatic rings. The van der Waals surface area contributed by atoms with Gasteiger partial charge >= 0.3 is 6.03 Å². The first-order valence-electron chi connectivity index (χ1n) is 10.6. The Hall–Kier alpha value is -2.75. The van der Waals surface area contributed by atoms with Crippen LogP contribution in [0.3, 0.4) is 0 Å². The van der Waals surface area contributed by atoms with Crippen molar-refractivity contribution in [2.45, 2.75) is 70.1 Å². The average Bonchev–Trinajstić information content (AvgIpc) is 2.75. The van der Waals surface area contributed by atoms with Crippen LogP contribution in [0.5, 0.6) is 5.75 Å². The summed E-state index contributed by atoms with van der Waals surface area (Å²) in [6, 6.07) is 9.10. The van der Waals surface area contributed by atoms with Crippen LogP contribution in [0.15, 0.2) is 24.3 Å². The molecular formula is C22H30N4O3. The number of ether oxygens (including phenoxy) is 1. The number of likely N-dealkylation sites (tertiary alicyclic amines) is 1. The van der Waals surface area contributed by atoms with Gasteiger partial charge in [0.05, 0.1) is 11.6 Å². The monoisotopic (exact) mass is 398 g/mol. The Morgan fingerprint density at radius 3 is 2.21 bits per heavy atom. The Morgan fingerprint density at radius 2 is 1.62 bits per heavy atom. The SMILES string of the molecule is CC(Oc1ccc(C#N)cc1)C(=O)N1CCC(NC(=O)NC2CCCCC2)CC1. The molecule has 29 heavy (non-hydrogen) atoms. The van der Waals surface area contributed by atoms with Crippen molar-refractivity contribution in [3.8, 4) is 11.8 Å². The number of nitrogens with one attached hydrogen (secondary N) is 2. The zero-order valence-electron chi connectivity index (χ0n) is 17.0. The topological polar surface area (TPSA) is 94.5 Å². The normalized spacial score (nSPS) is 19.1. The number of hydrogen-bond donors (Lipinski definition) is 2. The predicted octanol–water partition coefficient (Wildman–Crippen LogP) is 2.95. The Morgan fingerprint density at radius 1 is 1.03 bits per heavy atom. The molecule has 2 N–H and O–H groups in total. The van der Waals surface area contributed by atoms with Crippen LogP contribution in [0.25, 0.3) is 0 Å². The molecule has 1 aromatic carbocycles. The van der Waals surface area contributed by atoms with Gasteiger partial charge < -0.3 is 20.3 Å². The Balaban J connectivity index is 1.40. The number of carbonyl (C=O) groups is 2. The zero-order valence-corrected chi connectivity index (χ0v) is 17.0. The van der Waals surface area contributed by atoms with Crippen molar-refractivity contribution >= 4 is 11.9 Å². The zero-order chi connectivity index (χ0) is 20.6. The van der Waals surface area contributed by atoms with E-state index in [1.54, 1.807) is 36.1 Å². The van der Waals surface area contributed by atoms with Gasteiger partial charge in [0.25, 0.3) is 5.91 Å². The second-order valence-electron chi connectivity index (χ2n) is 7.95. The Bertz CT molecular complexity index is 729. The molecule has 0 spiro atoms. The molecule has 7 nitrogen and oxygen atoms in total. The van der Waals surface area contributed by atoms with E-state index in [1.807, 2.05) is 0 Å². The van der Waals surface area contributed by atoms with Gasteiger partial charge in [0.15, 0.2) is 6.10 Å². The van der Waals surface area contributed by atoms with E-state index in [0.717, 1.165) is 25.7 Å². The predicted molar refractivity (Wildman–Crippen MR) is 109 cm³/mol. The molecule has 0 bridgehead atoms. The summed E-state index contributed by atoms with van der Waals surface area (Å²) < 4.78 is 5.72. The smallest absolute Gasteiger partial charge is 0.315 e. The van der Waals surface area contributed by atoms with E-state index in [-0.39, 0.29) is 18.0 Å². The van der Waals surface area contributed by atoms with Crippen molar-refractivity contribution in [2.75, 3.05) is 13.1 Å². The highest BCUT2D eigenvalue weighted by molar-refractivity contribution is 5.81. The molecule has 1 saturated heterocycles. The maximum Gasteiger partial charge on any atom is 0.315 e. The number of piperidine rings is 1. The van der Waals surface area contributed by atoms with Crippen LogP contribution in [0, 0.1) is 11.3 Å². The van der Waals surface area contributed by atoms with Crippen LogP contribution in [0.4, 0.5) is 4.79 Å². The first-order chi connectivity index (χ1) is 14.0. The molecule has 1 atom stereocenters. The van der Waals surface area contributed by atoms with Crippen LogP contribution >= 0.6 is 0 Å². The first-order valence-corrected chi connectivity index (χ1v) is 10.6. The van der Waals surface area contributed by atoms with E-state index in [4.69, 9.17) is 10.00 Å². The van der Waals surface area contributed by atoms with Crippen molar-refractivity contribution in [1.82, 2.24) is 15.5 Å². The van der Waals surface area contributed by atoms with Gasteiger partial charge in [0.1, 0.15) is 5.75 Å². The van der Waals surface area contributed by atoms with E-state index in [0.29, 0.717) is 30.4 Å². The quantitative estimate of drug-likeness (QED) is 0.797. The molecule has 0 radical (unpaired) electrons. The van der Waals surface area contributed by atoms with E-state index in [1.165, 1.54) is 19.3 Å². The van der Waals surface area contributed by atoms with Gasteiger partial charge in [-0.05, 0) is 56.9 Å². The maximum atomic E-state index is 12.7. The molecule has 1 heterocycles. The summed E-state index contributed by atoms with van der Waals surface area (Å²) >= 11 is 0. The molecule has 156 valence electrons. The van der Waals surface area contributed by atoms with Gasteiger partial charge in [-0.2, -0.15) is 5.26 Å². The highest BCUT2D eigenvalue weighted by atomic mass is 16.5. The lowest BCUT2D eigenvalue weighted by Crippen LogP contribution is -2.52. The van der Waals surface area contributed by atoms with Crippen LogP contribution in [-0.2, 0) is 4.79 Å². The van der Waals surface area contributed by atoms with E-state index < -0.39 is 6.10 Å². The summed E-state index contributed by atoms with van der Waals surface area (Å²) in [5.41, 5.74) is 0.554. The minimum absolute atomic E-state index is 0.0560. The number of benzene rings is 1. The molecule has 3 amide bonds. The molecule has 0 aromatic heterocycles. The number of hydrogen-bond acceptors (Lipinski definition) is 4. The second-order valence-corrected chi connectivity index (χ2v) is 7.95. The number of nitriles is 1. The Kier molecular flexibility index (Phi) is 7.34. The van der Waals surface area contributed by atoms with Gasteiger partial charge in [-0.1, -0.05) is 19.3 Å². The van der Waals surface area contributed by atoms with Crippen LogP contribution < -0.4 is 15.4 Å². The van der Waals surface area contributed by atoms with Crippen molar-refractivity contribution < 1.29 is 14.3 Å². The second kappa shape index (κ2) is 10.1. The van der Waals surface area contributed by atoms with Crippen LogP contribution in [0.1, 0.15) is 57.4 Å². The number of carbonyl (C=O) groups excluding carboxylic acids is 2. The van der Waals surface area contributed by atoms with Gasteiger partial charge in [-0.15, -0.1) is 0 Å². The average molecular weight is 399 g/mol. The first kappa shape index (κ1) is 21.0. The summed E-state index contributed by atoms with van der Waals surface area (Å²) in [7, 11) is 0. The third-order valence-corrected chi connectivity index (χ3v) is 5.73. The lowest BCUT2D eigenvalue weighted by molar-refractivity contribution is -0.139. The van der Waals surface area contributed by atoms with E-state index in [9.17, 15) is 9.59 Å². The minimum Gasteiger partial charge on any atom is -0.481 e. The van der Waals surface area contributed by atoms with Crippen LogP contribution in [-0.4, -0.2) is 48.1 Å². The molecule has 3 rings (SSSR count). The number of amides is 3. The lowest BCUT2D eigenvalue weighted by Gasteiger charge is -2.34.